The molecule has 2 aromatic carbocycles. The molecule has 1 aliphatic heterocycles. The minimum Gasteiger partial charge on any atom is -0.326 e. The zero-order valence-electron chi connectivity index (χ0n) is 19.5. The van der Waals surface area contributed by atoms with Crippen molar-refractivity contribution in [2.75, 3.05) is 5.32 Å². The van der Waals surface area contributed by atoms with Gasteiger partial charge in [0.15, 0.2) is 5.17 Å². The summed E-state index contributed by atoms with van der Waals surface area (Å²) in [6.45, 7) is 10.0. The number of thioether (sulfide) groups is 1. The molecule has 0 aliphatic carbocycles. The number of nitrogens with zero attached hydrogens (tertiary/aromatic N) is 2. The van der Waals surface area contributed by atoms with Gasteiger partial charge in [0.2, 0.25) is 11.8 Å². The largest absolute Gasteiger partial charge is 0.326 e. The Kier molecular flexibility index (Phi) is 7.87. The van der Waals surface area contributed by atoms with Crippen molar-refractivity contribution in [3.8, 4) is 0 Å². The van der Waals surface area contributed by atoms with Crippen molar-refractivity contribution in [2.24, 2.45) is 5.10 Å². The van der Waals surface area contributed by atoms with Crippen LogP contribution in [-0.2, 0) is 9.59 Å². The zero-order valence-corrected chi connectivity index (χ0v) is 21.1. The van der Waals surface area contributed by atoms with E-state index >= 15 is 0 Å². The number of hydrazone groups is 1. The van der Waals surface area contributed by atoms with Gasteiger partial charge in [-0.15, -0.1) is 5.10 Å². The highest BCUT2D eigenvalue weighted by atomic mass is 35.5. The first-order chi connectivity index (χ1) is 15.5. The van der Waals surface area contributed by atoms with Gasteiger partial charge in [0, 0.05) is 23.3 Å². The third kappa shape index (κ3) is 7.11. The van der Waals surface area contributed by atoms with Crippen molar-refractivity contribution in [3.63, 3.8) is 0 Å². The van der Waals surface area contributed by atoms with E-state index in [1.54, 1.807) is 5.01 Å². The number of amidine groups is 1. The van der Waals surface area contributed by atoms with Gasteiger partial charge < -0.3 is 10.6 Å². The fourth-order valence-electron chi connectivity index (χ4n) is 3.15. The van der Waals surface area contributed by atoms with Crippen molar-refractivity contribution >= 4 is 52.1 Å². The van der Waals surface area contributed by atoms with Gasteiger partial charge >= 0.3 is 0 Å². The second kappa shape index (κ2) is 10.4. The summed E-state index contributed by atoms with van der Waals surface area (Å²) >= 11 is 7.22. The van der Waals surface area contributed by atoms with Crippen LogP contribution < -0.4 is 10.6 Å². The molecule has 1 aliphatic rings. The maximum Gasteiger partial charge on any atom is 0.240 e. The third-order valence-electron chi connectivity index (χ3n) is 4.97. The summed E-state index contributed by atoms with van der Waals surface area (Å²) in [5.74, 6) is -0.420. The van der Waals surface area contributed by atoms with Crippen LogP contribution in [0, 0.1) is 13.8 Å². The lowest BCUT2D eigenvalue weighted by Gasteiger charge is -2.30. The van der Waals surface area contributed by atoms with Crippen LogP contribution in [0.15, 0.2) is 53.8 Å². The Hall–Kier alpha value is -2.77. The van der Waals surface area contributed by atoms with E-state index in [0.29, 0.717) is 10.2 Å². The SMILES string of the molecule is Cc1ccc(NC(=O)CC2S/C(=N/N(/C=C/c3ccc(Cl)cc3)C(C)(C)C)NC2=O)c(C)c1. The van der Waals surface area contributed by atoms with Crippen LogP contribution in [0.1, 0.15) is 43.9 Å². The standard InChI is InChI=1S/C25H29ClN4O2S/c1-16-6-11-20(17(2)14-16)27-22(31)15-21-23(32)28-24(33-21)29-30(25(3,4)5)13-12-18-7-9-19(26)10-8-18/h6-14,21H,15H2,1-5H3,(H,27,31)(H,28,29,32)/b13-12+. The van der Waals surface area contributed by atoms with E-state index in [2.05, 4.69) is 15.7 Å². The number of benzene rings is 2. The first-order valence-electron chi connectivity index (χ1n) is 10.7. The molecule has 33 heavy (non-hydrogen) atoms. The van der Waals surface area contributed by atoms with Crippen LogP contribution >= 0.6 is 23.4 Å². The molecular weight excluding hydrogens is 456 g/mol. The maximum absolute atomic E-state index is 12.5. The first kappa shape index (κ1) is 24.9. The fraction of sp³-hybridized carbons (Fsp3) is 0.320. The number of anilines is 1. The van der Waals surface area contributed by atoms with Gasteiger partial charge in [-0.25, -0.2) is 0 Å². The summed E-state index contributed by atoms with van der Waals surface area (Å²) < 4.78 is 0. The van der Waals surface area contributed by atoms with Gasteiger partial charge in [-0.3, -0.25) is 14.6 Å². The molecule has 8 heteroatoms. The highest BCUT2D eigenvalue weighted by molar-refractivity contribution is 8.15. The van der Waals surface area contributed by atoms with Crippen LogP contribution in [0.5, 0.6) is 0 Å². The Balaban J connectivity index is 1.67. The molecule has 1 heterocycles. The van der Waals surface area contributed by atoms with Crippen molar-refractivity contribution < 1.29 is 9.59 Å². The van der Waals surface area contributed by atoms with Crippen LogP contribution in [0.2, 0.25) is 5.02 Å². The van der Waals surface area contributed by atoms with Gasteiger partial charge in [-0.05, 0) is 70.0 Å². The highest BCUT2D eigenvalue weighted by Crippen LogP contribution is 2.26. The second-order valence-electron chi connectivity index (χ2n) is 8.95. The molecule has 0 bridgehead atoms. The van der Waals surface area contributed by atoms with Crippen molar-refractivity contribution in [1.29, 1.82) is 0 Å². The summed E-state index contributed by atoms with van der Waals surface area (Å²) in [6, 6.07) is 13.3. The molecular formula is C25H29ClN4O2S. The molecule has 6 nitrogen and oxygen atoms in total. The molecule has 1 atom stereocenters. The molecule has 2 amide bonds. The van der Waals surface area contributed by atoms with E-state index in [1.165, 1.54) is 11.8 Å². The quantitative estimate of drug-likeness (QED) is 0.526. The van der Waals surface area contributed by atoms with Crippen LogP contribution in [-0.4, -0.2) is 32.8 Å². The number of aryl methyl sites for hydroxylation is 2. The normalized spacial score (nSPS) is 17.5. The molecule has 174 valence electrons. The van der Waals surface area contributed by atoms with Gasteiger partial charge in [-0.2, -0.15) is 0 Å². The summed E-state index contributed by atoms with van der Waals surface area (Å²) in [5, 5.41) is 12.8. The molecule has 0 saturated carbocycles. The summed E-state index contributed by atoms with van der Waals surface area (Å²) in [4.78, 5) is 25.0. The van der Waals surface area contributed by atoms with E-state index in [9.17, 15) is 9.59 Å². The molecule has 1 fully saturated rings. The Labute approximate surface area is 204 Å². The minimum absolute atomic E-state index is 0.0684. The predicted octanol–water partition coefficient (Wildman–Crippen LogP) is 5.56. The lowest BCUT2D eigenvalue weighted by molar-refractivity contribution is -0.122. The number of nitrogens with one attached hydrogen (secondary N) is 2. The molecule has 1 saturated heterocycles. The number of hydrogen-bond donors (Lipinski definition) is 2. The summed E-state index contributed by atoms with van der Waals surface area (Å²) in [5.41, 5.74) is 3.54. The highest BCUT2D eigenvalue weighted by Gasteiger charge is 2.33. The minimum atomic E-state index is -0.531. The number of rotatable bonds is 6. The first-order valence-corrected chi connectivity index (χ1v) is 11.9. The lowest BCUT2D eigenvalue weighted by Crippen LogP contribution is -2.35. The summed E-state index contributed by atoms with van der Waals surface area (Å²) in [6.07, 6.45) is 3.87. The Morgan fingerprint density at radius 1 is 1.21 bits per heavy atom. The van der Waals surface area contributed by atoms with E-state index in [4.69, 9.17) is 11.6 Å². The molecule has 1 unspecified atom stereocenters. The number of carbonyl (C=O) groups excluding carboxylic acids is 2. The number of halogens is 1. The number of carbonyl (C=O) groups is 2. The topological polar surface area (TPSA) is 73.8 Å². The molecule has 0 spiro atoms. The van der Waals surface area contributed by atoms with E-state index < -0.39 is 5.25 Å². The molecule has 3 rings (SSSR count). The van der Waals surface area contributed by atoms with E-state index in [1.807, 2.05) is 89.4 Å². The van der Waals surface area contributed by atoms with Crippen LogP contribution in [0.3, 0.4) is 0 Å². The molecule has 2 N–H and O–H groups in total. The van der Waals surface area contributed by atoms with E-state index in [0.717, 1.165) is 22.4 Å². The summed E-state index contributed by atoms with van der Waals surface area (Å²) in [7, 11) is 0. The predicted molar refractivity (Wildman–Crippen MR) is 138 cm³/mol. The molecule has 2 aromatic rings. The van der Waals surface area contributed by atoms with Crippen molar-refractivity contribution in [1.82, 2.24) is 10.3 Å². The monoisotopic (exact) mass is 484 g/mol. The maximum atomic E-state index is 12.5. The fourth-order valence-corrected chi connectivity index (χ4v) is 4.24. The van der Waals surface area contributed by atoms with Gasteiger partial charge in [-0.1, -0.05) is 53.2 Å². The van der Waals surface area contributed by atoms with Crippen LogP contribution in [0.25, 0.3) is 6.08 Å². The van der Waals surface area contributed by atoms with Crippen molar-refractivity contribution in [3.05, 3.63) is 70.4 Å². The van der Waals surface area contributed by atoms with Gasteiger partial charge in [0.05, 0.1) is 5.54 Å². The lowest BCUT2D eigenvalue weighted by atomic mass is 10.1. The second-order valence-corrected chi connectivity index (χ2v) is 10.6. The Morgan fingerprint density at radius 3 is 2.55 bits per heavy atom. The smallest absolute Gasteiger partial charge is 0.240 e. The Bertz CT molecular complexity index is 1090. The average molecular weight is 485 g/mol. The molecule has 0 radical (unpaired) electrons. The van der Waals surface area contributed by atoms with E-state index in [-0.39, 0.29) is 23.8 Å². The van der Waals surface area contributed by atoms with Gasteiger partial charge in [0.25, 0.3) is 0 Å². The number of amides is 2. The van der Waals surface area contributed by atoms with Gasteiger partial charge in [0.1, 0.15) is 5.25 Å². The average Bonchev–Trinajstić information content (AvgIpc) is 3.06. The number of hydrogen-bond acceptors (Lipinski definition) is 5. The van der Waals surface area contributed by atoms with Crippen LogP contribution in [0.4, 0.5) is 5.69 Å². The molecule has 0 aromatic heterocycles. The zero-order chi connectivity index (χ0) is 24.2. The Morgan fingerprint density at radius 2 is 1.91 bits per heavy atom. The van der Waals surface area contributed by atoms with Crippen molar-refractivity contribution in [2.45, 2.75) is 51.8 Å². The third-order valence-corrected chi connectivity index (χ3v) is 6.29.